The van der Waals surface area contributed by atoms with Crippen molar-refractivity contribution in [1.82, 2.24) is 15.1 Å². The van der Waals surface area contributed by atoms with Crippen LogP contribution in [0.25, 0.3) is 5.69 Å². The molecule has 152 valence electrons. The van der Waals surface area contributed by atoms with Crippen molar-refractivity contribution in [1.29, 1.82) is 0 Å². The van der Waals surface area contributed by atoms with Crippen LogP contribution in [-0.2, 0) is 21.2 Å². The molecule has 29 heavy (non-hydrogen) atoms. The molecule has 3 rings (SSSR count). The number of nitrogens with one attached hydrogen (secondary N) is 2. The molecule has 3 aromatic rings. The van der Waals surface area contributed by atoms with Gasteiger partial charge in [-0.15, -0.1) is 0 Å². The summed E-state index contributed by atoms with van der Waals surface area (Å²) in [6.45, 7) is 1.83. The second-order valence-electron chi connectivity index (χ2n) is 6.88. The van der Waals surface area contributed by atoms with E-state index in [0.717, 1.165) is 17.5 Å². The number of hydrogen-bond donors (Lipinski definition) is 2. The molecule has 1 amide bonds. The van der Waals surface area contributed by atoms with Gasteiger partial charge in [0, 0.05) is 12.6 Å². The molecule has 8 heteroatoms. The number of para-hydroxylation sites is 2. The van der Waals surface area contributed by atoms with E-state index in [1.165, 1.54) is 0 Å². The van der Waals surface area contributed by atoms with E-state index in [2.05, 4.69) is 15.1 Å². The van der Waals surface area contributed by atoms with Crippen LogP contribution in [0, 0.1) is 0 Å². The Morgan fingerprint density at radius 1 is 1.10 bits per heavy atom. The van der Waals surface area contributed by atoms with Crippen molar-refractivity contribution in [3.8, 4) is 5.69 Å². The van der Waals surface area contributed by atoms with Gasteiger partial charge in [0.2, 0.25) is 15.9 Å². The summed E-state index contributed by atoms with van der Waals surface area (Å²) in [6.07, 6.45) is 5.65. The smallest absolute Gasteiger partial charge is 0.229 e. The number of aromatic nitrogens is 2. The van der Waals surface area contributed by atoms with Gasteiger partial charge in [0.25, 0.3) is 0 Å². The highest BCUT2D eigenvalue weighted by molar-refractivity contribution is 7.92. The lowest BCUT2D eigenvalue weighted by molar-refractivity contribution is -0.121. The molecule has 0 saturated heterocycles. The van der Waals surface area contributed by atoms with Crippen LogP contribution in [0.2, 0.25) is 0 Å². The van der Waals surface area contributed by atoms with E-state index < -0.39 is 10.0 Å². The highest BCUT2D eigenvalue weighted by Crippen LogP contribution is 2.23. The van der Waals surface area contributed by atoms with Crippen molar-refractivity contribution in [2.45, 2.75) is 25.8 Å². The Morgan fingerprint density at radius 2 is 1.79 bits per heavy atom. The number of aryl methyl sites for hydroxylation is 1. The van der Waals surface area contributed by atoms with Gasteiger partial charge in [0.05, 0.1) is 29.9 Å². The first-order valence-corrected chi connectivity index (χ1v) is 11.2. The lowest BCUT2D eigenvalue weighted by Crippen LogP contribution is -2.27. The van der Waals surface area contributed by atoms with E-state index in [0.29, 0.717) is 24.1 Å². The third-order valence-electron chi connectivity index (χ3n) is 4.40. The van der Waals surface area contributed by atoms with Gasteiger partial charge in [0.1, 0.15) is 0 Å². The summed E-state index contributed by atoms with van der Waals surface area (Å²) in [6, 6.07) is 16.5. The Labute approximate surface area is 170 Å². The molecule has 2 aromatic carbocycles. The van der Waals surface area contributed by atoms with Gasteiger partial charge in [-0.25, -0.2) is 13.1 Å². The van der Waals surface area contributed by atoms with Gasteiger partial charge < -0.3 is 5.32 Å². The molecule has 2 N–H and O–H groups in total. The second-order valence-corrected chi connectivity index (χ2v) is 8.63. The molecule has 0 bridgehead atoms. The minimum Gasteiger partial charge on any atom is -0.349 e. The van der Waals surface area contributed by atoms with Gasteiger partial charge in [-0.3, -0.25) is 9.52 Å². The summed E-state index contributed by atoms with van der Waals surface area (Å²) in [7, 11) is -3.40. The Hall–Kier alpha value is -3.13. The van der Waals surface area contributed by atoms with Gasteiger partial charge in [0.15, 0.2) is 0 Å². The molecule has 1 atom stereocenters. The molecule has 0 spiro atoms. The quantitative estimate of drug-likeness (QED) is 0.595. The number of carbonyl (C=O) groups excluding carboxylic acids is 1. The Balaban J connectivity index is 1.58. The van der Waals surface area contributed by atoms with Crippen molar-refractivity contribution in [2.75, 3.05) is 11.0 Å². The zero-order valence-electron chi connectivity index (χ0n) is 16.4. The monoisotopic (exact) mass is 412 g/mol. The van der Waals surface area contributed by atoms with Crippen LogP contribution in [-0.4, -0.2) is 30.4 Å². The molecule has 0 saturated carbocycles. The fraction of sp³-hybridized carbons (Fsp3) is 0.238. The molecular formula is C21H24N4O3S. The fourth-order valence-corrected chi connectivity index (χ4v) is 3.61. The normalized spacial score (nSPS) is 12.3. The van der Waals surface area contributed by atoms with Crippen LogP contribution in [0.3, 0.4) is 0 Å². The standard InChI is InChI=1S/C21H24N4O3S/c1-16(19-10-6-7-11-20(19)24-29(2,27)28)23-21(26)13-12-17-14-22-25(15-17)18-8-4-3-5-9-18/h3-11,14-16,24H,12-13H2,1-2H3,(H,23,26). The van der Waals surface area contributed by atoms with E-state index in [9.17, 15) is 13.2 Å². The largest absolute Gasteiger partial charge is 0.349 e. The SMILES string of the molecule is CC(NC(=O)CCc1cnn(-c2ccccc2)c1)c1ccccc1NS(C)(=O)=O. The lowest BCUT2D eigenvalue weighted by Gasteiger charge is -2.18. The zero-order chi connectivity index (χ0) is 20.9. The van der Waals surface area contributed by atoms with Crippen LogP contribution >= 0.6 is 0 Å². The predicted octanol–water partition coefficient (Wildman–Crippen LogP) is 3.05. The first-order chi connectivity index (χ1) is 13.8. The molecule has 0 aliphatic heterocycles. The van der Waals surface area contributed by atoms with E-state index in [4.69, 9.17) is 0 Å². The molecule has 7 nitrogen and oxygen atoms in total. The summed E-state index contributed by atoms with van der Waals surface area (Å²) in [5, 5.41) is 7.27. The van der Waals surface area contributed by atoms with E-state index in [1.807, 2.05) is 49.5 Å². The van der Waals surface area contributed by atoms with E-state index >= 15 is 0 Å². The number of nitrogens with zero attached hydrogens (tertiary/aromatic N) is 2. The van der Waals surface area contributed by atoms with Crippen LogP contribution in [0.15, 0.2) is 67.0 Å². The number of rotatable bonds is 8. The molecule has 1 unspecified atom stereocenters. The maximum Gasteiger partial charge on any atom is 0.229 e. The topological polar surface area (TPSA) is 93.1 Å². The molecule has 0 aliphatic carbocycles. The summed E-state index contributed by atoms with van der Waals surface area (Å²) < 4.78 is 27.4. The first-order valence-electron chi connectivity index (χ1n) is 9.27. The van der Waals surface area contributed by atoms with E-state index in [1.54, 1.807) is 29.1 Å². The second kappa shape index (κ2) is 8.91. The molecule has 0 radical (unpaired) electrons. The van der Waals surface area contributed by atoms with Gasteiger partial charge in [-0.1, -0.05) is 36.4 Å². The summed E-state index contributed by atoms with van der Waals surface area (Å²) in [5.41, 5.74) is 3.11. The summed E-state index contributed by atoms with van der Waals surface area (Å²) >= 11 is 0. The summed E-state index contributed by atoms with van der Waals surface area (Å²) in [4.78, 5) is 12.4. The third kappa shape index (κ3) is 5.92. The number of sulfonamides is 1. The van der Waals surface area contributed by atoms with Crippen LogP contribution in [0.5, 0.6) is 0 Å². The highest BCUT2D eigenvalue weighted by Gasteiger charge is 2.15. The number of carbonyl (C=O) groups is 1. The maximum absolute atomic E-state index is 12.4. The zero-order valence-corrected chi connectivity index (χ0v) is 17.2. The van der Waals surface area contributed by atoms with Crippen molar-refractivity contribution in [3.05, 3.63) is 78.1 Å². The lowest BCUT2D eigenvalue weighted by atomic mass is 10.1. The fourth-order valence-electron chi connectivity index (χ4n) is 3.03. The minimum atomic E-state index is -3.40. The van der Waals surface area contributed by atoms with Crippen molar-refractivity contribution < 1.29 is 13.2 Å². The highest BCUT2D eigenvalue weighted by atomic mass is 32.2. The first kappa shape index (κ1) is 20.6. The van der Waals surface area contributed by atoms with Crippen molar-refractivity contribution in [2.24, 2.45) is 0 Å². The van der Waals surface area contributed by atoms with Crippen LogP contribution in [0.4, 0.5) is 5.69 Å². The molecule has 1 aromatic heterocycles. The average Bonchev–Trinajstić information content (AvgIpc) is 3.15. The van der Waals surface area contributed by atoms with Crippen LogP contribution < -0.4 is 10.0 Å². The molecule has 0 fully saturated rings. The van der Waals surface area contributed by atoms with E-state index in [-0.39, 0.29) is 11.9 Å². The molecular weight excluding hydrogens is 388 g/mol. The van der Waals surface area contributed by atoms with Gasteiger partial charge in [-0.2, -0.15) is 5.10 Å². The number of amides is 1. The Morgan fingerprint density at radius 3 is 2.52 bits per heavy atom. The van der Waals surface area contributed by atoms with Crippen molar-refractivity contribution in [3.63, 3.8) is 0 Å². The van der Waals surface area contributed by atoms with Crippen LogP contribution in [0.1, 0.15) is 30.5 Å². The molecule has 0 aliphatic rings. The van der Waals surface area contributed by atoms with Gasteiger partial charge in [-0.05, 0) is 42.7 Å². The summed E-state index contributed by atoms with van der Waals surface area (Å²) in [5.74, 6) is -0.112. The van der Waals surface area contributed by atoms with Gasteiger partial charge >= 0.3 is 0 Å². The third-order valence-corrected chi connectivity index (χ3v) is 4.99. The average molecular weight is 413 g/mol. The minimum absolute atomic E-state index is 0.112. The number of hydrogen-bond acceptors (Lipinski definition) is 4. The maximum atomic E-state index is 12.4. The predicted molar refractivity (Wildman–Crippen MR) is 113 cm³/mol. The number of benzene rings is 2. The Bertz CT molecular complexity index is 1080. The van der Waals surface area contributed by atoms with Crippen molar-refractivity contribution >= 4 is 21.6 Å². The molecule has 1 heterocycles. The number of anilines is 1. The Kier molecular flexibility index (Phi) is 6.33.